The zero-order chi connectivity index (χ0) is 8.16. The molecule has 1 aliphatic rings. The van der Waals surface area contributed by atoms with Gasteiger partial charge in [0.1, 0.15) is 0 Å². The van der Waals surface area contributed by atoms with Crippen LogP contribution in [0.5, 0.6) is 0 Å². The van der Waals surface area contributed by atoms with E-state index in [0.717, 1.165) is 0 Å². The largest absolute Gasteiger partial charge is 1.00 e. The van der Waals surface area contributed by atoms with Gasteiger partial charge in [-0.3, -0.25) is 0 Å². The molecule has 1 nitrogen and oxygen atoms in total. The van der Waals surface area contributed by atoms with Crippen molar-refractivity contribution in [2.24, 2.45) is 0 Å². The van der Waals surface area contributed by atoms with Gasteiger partial charge >= 0.3 is 0 Å². The van der Waals surface area contributed by atoms with Crippen LogP contribution in [0.3, 0.4) is 0 Å². The van der Waals surface area contributed by atoms with Crippen molar-refractivity contribution in [1.82, 2.24) is 0 Å². The average Bonchev–Trinajstić information content (AvgIpc) is 2.50. The predicted octanol–water partition coefficient (Wildman–Crippen LogP) is -0.579. The molecule has 0 aromatic rings. The van der Waals surface area contributed by atoms with Gasteiger partial charge in [-0.05, 0) is 13.3 Å². The summed E-state index contributed by atoms with van der Waals surface area (Å²) in [6.07, 6.45) is 5.73. The van der Waals surface area contributed by atoms with E-state index in [0.29, 0.717) is 0 Å². The third-order valence-electron chi connectivity index (χ3n) is 3.17. The SMILES string of the molecule is CCCC[N+]1(CC)CCCC1.[Br-]. The van der Waals surface area contributed by atoms with Crippen LogP contribution in [0.1, 0.15) is 39.5 Å². The van der Waals surface area contributed by atoms with E-state index in [1.54, 1.807) is 0 Å². The first kappa shape index (κ1) is 12.4. The minimum atomic E-state index is 0. The van der Waals surface area contributed by atoms with E-state index in [-0.39, 0.29) is 17.0 Å². The Morgan fingerprint density at radius 3 is 2.08 bits per heavy atom. The van der Waals surface area contributed by atoms with Crippen LogP contribution in [0.2, 0.25) is 0 Å². The Hall–Kier alpha value is 0.440. The molecular weight excluding hydrogens is 214 g/mol. The van der Waals surface area contributed by atoms with Crippen molar-refractivity contribution in [2.75, 3.05) is 26.2 Å². The van der Waals surface area contributed by atoms with Crippen molar-refractivity contribution in [3.63, 3.8) is 0 Å². The Kier molecular flexibility index (Phi) is 6.20. The lowest BCUT2D eigenvalue weighted by Gasteiger charge is -2.32. The van der Waals surface area contributed by atoms with Crippen molar-refractivity contribution in [2.45, 2.75) is 39.5 Å². The van der Waals surface area contributed by atoms with Gasteiger partial charge in [-0.1, -0.05) is 13.3 Å². The molecule has 0 amide bonds. The second-order valence-electron chi connectivity index (χ2n) is 3.89. The van der Waals surface area contributed by atoms with Crippen LogP contribution >= 0.6 is 0 Å². The summed E-state index contributed by atoms with van der Waals surface area (Å²) in [5.74, 6) is 0. The summed E-state index contributed by atoms with van der Waals surface area (Å²) >= 11 is 0. The molecule has 1 fully saturated rings. The second-order valence-corrected chi connectivity index (χ2v) is 3.89. The Morgan fingerprint density at radius 2 is 1.67 bits per heavy atom. The highest BCUT2D eigenvalue weighted by atomic mass is 79.9. The molecule has 0 atom stereocenters. The standard InChI is InChI=1S/C10H22N.BrH/c1-3-5-8-11(4-2)9-6-7-10-11;/h3-10H2,1-2H3;1H/q+1;/p-1. The minimum Gasteiger partial charge on any atom is -1.00 e. The second kappa shape index (κ2) is 5.98. The van der Waals surface area contributed by atoms with Crippen LogP contribution in [0.4, 0.5) is 0 Å². The van der Waals surface area contributed by atoms with E-state index >= 15 is 0 Å². The molecule has 1 aliphatic heterocycles. The van der Waals surface area contributed by atoms with Gasteiger partial charge in [0.15, 0.2) is 0 Å². The molecule has 0 aromatic heterocycles. The highest BCUT2D eigenvalue weighted by Gasteiger charge is 2.28. The van der Waals surface area contributed by atoms with Crippen LogP contribution in [0.25, 0.3) is 0 Å². The number of hydrogen-bond acceptors (Lipinski definition) is 0. The fraction of sp³-hybridized carbons (Fsp3) is 1.00. The number of quaternary nitrogens is 1. The first-order valence-corrected chi connectivity index (χ1v) is 5.18. The molecule has 0 spiro atoms. The van der Waals surface area contributed by atoms with E-state index in [1.807, 2.05) is 0 Å². The summed E-state index contributed by atoms with van der Waals surface area (Å²) in [7, 11) is 0. The Balaban J connectivity index is 0.00000121. The van der Waals surface area contributed by atoms with E-state index in [1.165, 1.54) is 56.3 Å². The third-order valence-corrected chi connectivity index (χ3v) is 3.17. The quantitative estimate of drug-likeness (QED) is 0.573. The molecule has 0 aliphatic carbocycles. The van der Waals surface area contributed by atoms with E-state index in [2.05, 4.69) is 13.8 Å². The van der Waals surface area contributed by atoms with Crippen LogP contribution in [-0.2, 0) is 0 Å². The van der Waals surface area contributed by atoms with E-state index in [9.17, 15) is 0 Å². The molecule has 0 unspecified atom stereocenters. The van der Waals surface area contributed by atoms with Crippen LogP contribution in [0.15, 0.2) is 0 Å². The summed E-state index contributed by atoms with van der Waals surface area (Å²) in [6.45, 7) is 10.4. The van der Waals surface area contributed by atoms with Crippen molar-refractivity contribution < 1.29 is 21.5 Å². The minimum absolute atomic E-state index is 0. The van der Waals surface area contributed by atoms with Gasteiger partial charge in [0, 0.05) is 12.8 Å². The topological polar surface area (TPSA) is 0 Å². The molecule has 0 aromatic carbocycles. The lowest BCUT2D eigenvalue weighted by molar-refractivity contribution is -0.915. The predicted molar refractivity (Wildman–Crippen MR) is 49.5 cm³/mol. The lowest BCUT2D eigenvalue weighted by Crippen LogP contribution is -3.00. The fourth-order valence-corrected chi connectivity index (χ4v) is 2.20. The summed E-state index contributed by atoms with van der Waals surface area (Å²) in [5.41, 5.74) is 0. The highest BCUT2D eigenvalue weighted by molar-refractivity contribution is 4.53. The maximum Gasteiger partial charge on any atom is 0.0788 e. The first-order valence-electron chi connectivity index (χ1n) is 5.18. The number of nitrogens with zero attached hydrogens (tertiary/aromatic N) is 1. The fourth-order valence-electron chi connectivity index (χ4n) is 2.20. The van der Waals surface area contributed by atoms with Gasteiger partial charge in [0.2, 0.25) is 0 Å². The zero-order valence-electron chi connectivity index (χ0n) is 8.48. The van der Waals surface area contributed by atoms with Crippen molar-refractivity contribution in [3.8, 4) is 0 Å². The zero-order valence-corrected chi connectivity index (χ0v) is 10.1. The molecule has 74 valence electrons. The van der Waals surface area contributed by atoms with Gasteiger partial charge in [-0.2, -0.15) is 0 Å². The van der Waals surface area contributed by atoms with Crippen molar-refractivity contribution >= 4 is 0 Å². The Bertz CT molecular complexity index is 108. The molecule has 1 saturated heterocycles. The molecular formula is C10H22BrN. The molecule has 0 N–H and O–H groups in total. The number of rotatable bonds is 4. The van der Waals surface area contributed by atoms with Gasteiger partial charge in [0.25, 0.3) is 0 Å². The smallest absolute Gasteiger partial charge is 0.0788 e. The highest BCUT2D eigenvalue weighted by Crippen LogP contribution is 2.19. The maximum absolute atomic E-state index is 2.35. The Labute approximate surface area is 87.5 Å². The van der Waals surface area contributed by atoms with Crippen LogP contribution in [-0.4, -0.2) is 30.7 Å². The summed E-state index contributed by atoms with van der Waals surface area (Å²) in [6, 6.07) is 0. The molecule has 12 heavy (non-hydrogen) atoms. The summed E-state index contributed by atoms with van der Waals surface area (Å²) in [4.78, 5) is 0. The Morgan fingerprint density at radius 1 is 1.08 bits per heavy atom. The first-order chi connectivity index (χ1) is 5.33. The molecule has 1 rings (SSSR count). The molecule has 2 heteroatoms. The van der Waals surface area contributed by atoms with Crippen LogP contribution in [0, 0.1) is 0 Å². The van der Waals surface area contributed by atoms with Gasteiger partial charge in [0.05, 0.1) is 26.2 Å². The molecule has 0 bridgehead atoms. The van der Waals surface area contributed by atoms with Gasteiger partial charge < -0.3 is 21.5 Å². The number of hydrogen-bond donors (Lipinski definition) is 0. The van der Waals surface area contributed by atoms with Crippen molar-refractivity contribution in [1.29, 1.82) is 0 Å². The number of halogens is 1. The monoisotopic (exact) mass is 235 g/mol. The lowest BCUT2D eigenvalue weighted by atomic mass is 10.3. The van der Waals surface area contributed by atoms with Gasteiger partial charge in [-0.25, -0.2) is 0 Å². The molecule has 0 radical (unpaired) electrons. The third kappa shape index (κ3) is 3.06. The average molecular weight is 236 g/mol. The summed E-state index contributed by atoms with van der Waals surface area (Å²) in [5, 5.41) is 0. The van der Waals surface area contributed by atoms with Gasteiger partial charge in [-0.15, -0.1) is 0 Å². The molecule has 1 heterocycles. The van der Waals surface area contributed by atoms with Crippen LogP contribution < -0.4 is 17.0 Å². The number of likely N-dealkylation sites (tertiary alicyclic amines) is 1. The van der Waals surface area contributed by atoms with E-state index < -0.39 is 0 Å². The van der Waals surface area contributed by atoms with E-state index in [4.69, 9.17) is 0 Å². The normalized spacial score (nSPS) is 20.5. The maximum atomic E-state index is 2.35. The molecule has 0 saturated carbocycles. The summed E-state index contributed by atoms with van der Waals surface area (Å²) < 4.78 is 1.42. The number of unbranched alkanes of at least 4 members (excludes halogenated alkanes) is 1. The van der Waals surface area contributed by atoms with Crippen molar-refractivity contribution in [3.05, 3.63) is 0 Å².